The molecule has 1 fully saturated rings. The number of carboxylic acids is 1. The van der Waals surface area contributed by atoms with Gasteiger partial charge in [-0.3, -0.25) is 28.9 Å². The molecule has 1 aliphatic rings. The monoisotopic (exact) mass is 726 g/mol. The SMILES string of the molecule is CC(=O)O[C@H](C[C@H](C(C)C)N(C)C(=O)[C@@H](CC(=O)[C@H]1CCCCN1C)C(C)(C)C)c1nc(C(=O)N[C@@H](Cc2ccccc2)C[C@H](C)C(=O)O)cs1. The predicted octanol–water partition coefficient (Wildman–Crippen LogP) is 6.18. The van der Waals surface area contributed by atoms with E-state index in [9.17, 15) is 29.1 Å². The summed E-state index contributed by atoms with van der Waals surface area (Å²) in [6.07, 6.45) is 3.13. The average molecular weight is 727 g/mol. The topological polar surface area (TPSA) is 146 Å². The van der Waals surface area contributed by atoms with Crippen molar-refractivity contribution in [3.8, 4) is 0 Å². The molecule has 6 atom stereocenters. The van der Waals surface area contributed by atoms with Gasteiger partial charge in [0, 0.05) is 50.2 Å². The molecule has 0 bridgehead atoms. The van der Waals surface area contributed by atoms with E-state index in [2.05, 4.69) is 15.2 Å². The van der Waals surface area contributed by atoms with Crippen LogP contribution in [0, 0.1) is 23.2 Å². The molecule has 0 unspecified atom stereocenters. The fourth-order valence-corrected chi connectivity index (χ4v) is 7.75. The van der Waals surface area contributed by atoms with Crippen LogP contribution in [0.3, 0.4) is 0 Å². The van der Waals surface area contributed by atoms with Gasteiger partial charge in [-0.25, -0.2) is 4.98 Å². The molecular weight excluding hydrogens is 669 g/mol. The lowest BCUT2D eigenvalue weighted by molar-refractivity contribution is -0.150. The number of hydrogen-bond donors (Lipinski definition) is 2. The van der Waals surface area contributed by atoms with E-state index in [1.165, 1.54) is 18.3 Å². The van der Waals surface area contributed by atoms with Crippen LogP contribution in [0.5, 0.6) is 0 Å². The summed E-state index contributed by atoms with van der Waals surface area (Å²) in [5.74, 6) is -3.19. The van der Waals surface area contributed by atoms with E-state index < -0.39 is 47.2 Å². The van der Waals surface area contributed by atoms with Gasteiger partial charge in [-0.2, -0.15) is 0 Å². The van der Waals surface area contributed by atoms with E-state index in [0.717, 1.165) is 31.4 Å². The normalized spacial score (nSPS) is 18.3. The number of ketones is 1. The Morgan fingerprint density at radius 2 is 1.75 bits per heavy atom. The number of aliphatic carboxylic acids is 1. The number of hydrogen-bond acceptors (Lipinski definition) is 9. The number of ether oxygens (including phenoxy) is 1. The average Bonchev–Trinajstić information content (AvgIpc) is 3.55. The number of carbonyl (C=O) groups is 5. The number of amides is 2. The van der Waals surface area contributed by atoms with Gasteiger partial charge >= 0.3 is 11.9 Å². The first-order valence-electron chi connectivity index (χ1n) is 18.1. The highest BCUT2D eigenvalue weighted by Crippen LogP contribution is 2.35. The molecule has 2 N–H and O–H groups in total. The zero-order valence-electron chi connectivity index (χ0n) is 31.8. The van der Waals surface area contributed by atoms with Gasteiger partial charge in [-0.15, -0.1) is 11.3 Å². The lowest BCUT2D eigenvalue weighted by Crippen LogP contribution is -2.49. The minimum Gasteiger partial charge on any atom is -0.481 e. The Morgan fingerprint density at radius 1 is 1.08 bits per heavy atom. The number of aromatic nitrogens is 1. The van der Waals surface area contributed by atoms with E-state index in [0.29, 0.717) is 11.4 Å². The number of likely N-dealkylation sites (tertiary alicyclic amines) is 1. The number of rotatable bonds is 17. The third kappa shape index (κ3) is 12.2. The molecule has 0 spiro atoms. The van der Waals surface area contributed by atoms with E-state index in [1.807, 2.05) is 72.0 Å². The van der Waals surface area contributed by atoms with E-state index >= 15 is 0 Å². The number of benzene rings is 1. The predicted molar refractivity (Wildman–Crippen MR) is 198 cm³/mol. The quantitative estimate of drug-likeness (QED) is 0.183. The molecule has 0 saturated carbocycles. The van der Waals surface area contributed by atoms with Crippen molar-refractivity contribution < 1.29 is 33.8 Å². The van der Waals surface area contributed by atoms with Crippen LogP contribution in [0.1, 0.15) is 114 Å². The summed E-state index contributed by atoms with van der Waals surface area (Å²) in [6.45, 7) is 13.8. The standard InChI is InChI=1S/C39H58N4O7S/c1-24(2)32(43(9)37(47)29(39(5,6)7)21-33(45)31-17-13-14-18-42(31)8)22-34(50-26(4)44)36-41-30(23-51-36)35(46)40-28(19-25(3)38(48)49)20-27-15-11-10-12-16-27/h10-12,15-16,23-25,28-29,31-32,34H,13-14,17-22H2,1-9H3,(H,40,46)(H,48,49)/t25-,28+,29+,31+,32+,34+/m0/s1. The van der Waals surface area contributed by atoms with Crippen LogP contribution in [0.2, 0.25) is 0 Å². The van der Waals surface area contributed by atoms with Crippen LogP contribution >= 0.6 is 11.3 Å². The first-order chi connectivity index (χ1) is 23.9. The molecule has 1 aromatic heterocycles. The van der Waals surface area contributed by atoms with Gasteiger partial charge in [0.1, 0.15) is 10.7 Å². The molecule has 0 aliphatic carbocycles. The van der Waals surface area contributed by atoms with Crippen LogP contribution in [0.15, 0.2) is 35.7 Å². The smallest absolute Gasteiger partial charge is 0.306 e. The highest BCUT2D eigenvalue weighted by atomic mass is 32.1. The van der Waals surface area contributed by atoms with Gasteiger partial charge in [-0.05, 0) is 56.2 Å². The molecule has 3 rings (SSSR count). The first kappa shape index (κ1) is 41.8. The van der Waals surface area contributed by atoms with Crippen LogP contribution in [0.4, 0.5) is 0 Å². The van der Waals surface area contributed by atoms with Crippen molar-refractivity contribution in [2.24, 2.45) is 23.2 Å². The van der Waals surface area contributed by atoms with Crippen LogP contribution in [-0.4, -0.2) is 88.2 Å². The third-order valence-electron chi connectivity index (χ3n) is 10.0. The number of thiazole rings is 1. The Labute approximate surface area is 307 Å². The van der Waals surface area contributed by atoms with Crippen molar-refractivity contribution in [2.75, 3.05) is 20.6 Å². The Bertz CT molecular complexity index is 1490. The number of Topliss-reactive ketones (excluding diaryl/α,β-unsaturated/α-hetero) is 1. The summed E-state index contributed by atoms with van der Waals surface area (Å²) in [7, 11) is 3.72. The van der Waals surface area contributed by atoms with Crippen LogP contribution in [0.25, 0.3) is 0 Å². The second-order valence-corrected chi connectivity index (χ2v) is 16.5. The molecule has 282 valence electrons. The van der Waals surface area contributed by atoms with Crippen molar-refractivity contribution in [1.29, 1.82) is 0 Å². The fraction of sp³-hybridized carbons (Fsp3) is 0.641. The zero-order valence-corrected chi connectivity index (χ0v) is 32.6. The van der Waals surface area contributed by atoms with Gasteiger partial charge in [-0.1, -0.05) is 78.3 Å². The largest absolute Gasteiger partial charge is 0.481 e. The molecule has 1 aliphatic heterocycles. The van der Waals surface area contributed by atoms with E-state index in [4.69, 9.17) is 4.74 Å². The molecule has 1 saturated heterocycles. The number of piperidine rings is 1. The summed E-state index contributed by atoms with van der Waals surface area (Å²) in [5.41, 5.74) is 0.633. The molecule has 12 heteroatoms. The number of likely N-dealkylation sites (N-methyl/N-ethyl adjacent to an activating group) is 1. The highest BCUT2D eigenvalue weighted by Gasteiger charge is 2.40. The summed E-state index contributed by atoms with van der Waals surface area (Å²) in [4.78, 5) is 73.7. The maximum Gasteiger partial charge on any atom is 0.306 e. The zero-order chi connectivity index (χ0) is 38.0. The summed E-state index contributed by atoms with van der Waals surface area (Å²) in [5, 5.41) is 14.5. The van der Waals surface area contributed by atoms with Crippen molar-refractivity contribution in [2.45, 2.75) is 118 Å². The highest BCUT2D eigenvalue weighted by molar-refractivity contribution is 7.09. The van der Waals surface area contributed by atoms with Crippen LogP contribution in [-0.2, 0) is 30.3 Å². The second-order valence-electron chi connectivity index (χ2n) is 15.6. The minimum atomic E-state index is -0.942. The van der Waals surface area contributed by atoms with Crippen molar-refractivity contribution in [3.63, 3.8) is 0 Å². The van der Waals surface area contributed by atoms with E-state index in [1.54, 1.807) is 24.3 Å². The van der Waals surface area contributed by atoms with Gasteiger partial charge in [0.25, 0.3) is 5.91 Å². The van der Waals surface area contributed by atoms with Crippen LogP contribution < -0.4 is 5.32 Å². The maximum atomic E-state index is 14.3. The minimum absolute atomic E-state index is 0.0319. The molecule has 0 radical (unpaired) electrons. The Balaban J connectivity index is 1.82. The molecule has 2 aromatic rings. The third-order valence-corrected chi connectivity index (χ3v) is 11.0. The molecule has 51 heavy (non-hydrogen) atoms. The lowest BCUT2D eigenvalue weighted by atomic mass is 9.75. The summed E-state index contributed by atoms with van der Waals surface area (Å²) < 4.78 is 5.78. The summed E-state index contributed by atoms with van der Waals surface area (Å²) >= 11 is 1.19. The first-order valence-corrected chi connectivity index (χ1v) is 19.0. The van der Waals surface area contributed by atoms with Crippen molar-refractivity contribution in [1.82, 2.24) is 20.1 Å². The Morgan fingerprint density at radius 3 is 2.31 bits per heavy atom. The molecule has 1 aromatic carbocycles. The number of carbonyl (C=O) groups excluding carboxylic acids is 4. The van der Waals surface area contributed by atoms with E-state index in [-0.39, 0.29) is 54.6 Å². The summed E-state index contributed by atoms with van der Waals surface area (Å²) in [6, 6.07) is 8.54. The molecule has 2 heterocycles. The number of esters is 1. The van der Waals surface area contributed by atoms with Gasteiger partial charge in [0.15, 0.2) is 11.9 Å². The van der Waals surface area contributed by atoms with Crippen molar-refractivity contribution in [3.05, 3.63) is 52.0 Å². The number of nitrogens with one attached hydrogen (secondary N) is 1. The molecular formula is C39H58N4O7S. The molecule has 11 nitrogen and oxygen atoms in total. The Kier molecular flexibility index (Phi) is 15.3. The lowest BCUT2D eigenvalue weighted by Gasteiger charge is -2.40. The Hall–Kier alpha value is -3.64. The van der Waals surface area contributed by atoms with Crippen molar-refractivity contribution >= 4 is 40.9 Å². The molecule has 2 amide bonds. The van der Waals surface area contributed by atoms with Gasteiger partial charge in [0.05, 0.1) is 12.0 Å². The number of carboxylic acid groups (broad SMARTS) is 1. The maximum absolute atomic E-state index is 14.3. The fourth-order valence-electron chi connectivity index (χ4n) is 6.91. The van der Waals surface area contributed by atoms with Gasteiger partial charge in [0.2, 0.25) is 5.91 Å². The number of nitrogens with zero attached hydrogens (tertiary/aromatic N) is 3. The second kappa shape index (κ2) is 18.7. The van der Waals surface area contributed by atoms with Gasteiger partial charge < -0.3 is 20.1 Å².